The van der Waals surface area contributed by atoms with E-state index >= 15 is 0 Å². The van der Waals surface area contributed by atoms with Crippen molar-refractivity contribution in [3.63, 3.8) is 0 Å². The molecular weight excluding hydrogens is 250 g/mol. The molecule has 2 aromatic rings. The molecule has 0 spiro atoms. The number of aromatic nitrogens is 4. The van der Waals surface area contributed by atoms with Crippen molar-refractivity contribution < 1.29 is 4.79 Å². The van der Waals surface area contributed by atoms with E-state index in [1.807, 2.05) is 13.1 Å². The van der Waals surface area contributed by atoms with Gasteiger partial charge in [0.15, 0.2) is 0 Å². The third kappa shape index (κ3) is 2.92. The molecule has 2 aromatic heterocycles. The molecule has 0 unspecified atom stereocenters. The molecular formula is C11H15N5OS. The van der Waals surface area contributed by atoms with Crippen LogP contribution in [0, 0.1) is 13.8 Å². The van der Waals surface area contributed by atoms with E-state index in [2.05, 4.69) is 25.1 Å². The van der Waals surface area contributed by atoms with Crippen LogP contribution in [0.4, 0.5) is 0 Å². The third-order valence-electron chi connectivity index (χ3n) is 2.70. The molecule has 0 radical (unpaired) electrons. The molecule has 0 atom stereocenters. The van der Waals surface area contributed by atoms with Gasteiger partial charge in [-0.25, -0.2) is 0 Å². The monoisotopic (exact) mass is 265 g/mol. The van der Waals surface area contributed by atoms with Crippen LogP contribution < -0.4 is 5.32 Å². The predicted molar refractivity (Wildman–Crippen MR) is 68.6 cm³/mol. The summed E-state index contributed by atoms with van der Waals surface area (Å²) < 4.78 is 3.74. The van der Waals surface area contributed by atoms with Crippen molar-refractivity contribution in [2.75, 3.05) is 6.54 Å². The molecule has 0 bridgehead atoms. The number of amides is 1. The molecule has 7 heteroatoms. The minimum atomic E-state index is -0.0913. The smallest absolute Gasteiger partial charge is 0.264 e. The van der Waals surface area contributed by atoms with Gasteiger partial charge in [-0.2, -0.15) is 5.10 Å². The summed E-state index contributed by atoms with van der Waals surface area (Å²) >= 11 is 1.13. The number of nitrogens with one attached hydrogen (secondary N) is 2. The maximum Gasteiger partial charge on any atom is 0.264 e. The second kappa shape index (κ2) is 5.72. The Balaban J connectivity index is 1.75. The lowest BCUT2D eigenvalue weighted by Gasteiger charge is -2.03. The Morgan fingerprint density at radius 1 is 1.50 bits per heavy atom. The summed E-state index contributed by atoms with van der Waals surface area (Å²) in [6.07, 6.45) is 3.62. The van der Waals surface area contributed by atoms with Crippen molar-refractivity contribution in [3.8, 4) is 0 Å². The summed E-state index contributed by atoms with van der Waals surface area (Å²) in [5, 5.41) is 13.5. The summed E-state index contributed by atoms with van der Waals surface area (Å²) in [4.78, 5) is 12.3. The van der Waals surface area contributed by atoms with E-state index in [1.165, 1.54) is 5.56 Å². The zero-order valence-corrected chi connectivity index (χ0v) is 11.2. The normalized spacial score (nSPS) is 10.6. The van der Waals surface area contributed by atoms with Gasteiger partial charge >= 0.3 is 0 Å². The molecule has 6 nitrogen and oxygen atoms in total. The van der Waals surface area contributed by atoms with Crippen LogP contribution >= 0.6 is 11.5 Å². The van der Waals surface area contributed by atoms with Gasteiger partial charge in [0, 0.05) is 12.2 Å². The van der Waals surface area contributed by atoms with Gasteiger partial charge in [-0.1, -0.05) is 4.49 Å². The number of aryl methyl sites for hydroxylation is 3. The third-order valence-corrected chi connectivity index (χ3v) is 3.53. The first-order chi connectivity index (χ1) is 8.68. The van der Waals surface area contributed by atoms with Crippen LogP contribution in [0.3, 0.4) is 0 Å². The van der Waals surface area contributed by atoms with Crippen LogP contribution in [-0.4, -0.2) is 32.2 Å². The maximum absolute atomic E-state index is 11.8. The van der Waals surface area contributed by atoms with E-state index in [4.69, 9.17) is 0 Å². The molecule has 0 aliphatic heterocycles. The van der Waals surface area contributed by atoms with Gasteiger partial charge in [0.25, 0.3) is 5.91 Å². The van der Waals surface area contributed by atoms with E-state index in [1.54, 1.807) is 6.92 Å². The van der Waals surface area contributed by atoms with Crippen LogP contribution in [0.25, 0.3) is 0 Å². The van der Waals surface area contributed by atoms with Gasteiger partial charge in [-0.3, -0.25) is 9.89 Å². The zero-order chi connectivity index (χ0) is 13.0. The first kappa shape index (κ1) is 12.7. The topological polar surface area (TPSA) is 83.6 Å². The fourth-order valence-corrected chi connectivity index (χ4v) is 2.20. The summed E-state index contributed by atoms with van der Waals surface area (Å²) in [5.41, 5.74) is 2.96. The highest BCUT2D eigenvalue weighted by Crippen LogP contribution is 2.09. The average molecular weight is 265 g/mol. The van der Waals surface area contributed by atoms with Crippen molar-refractivity contribution in [2.45, 2.75) is 26.7 Å². The zero-order valence-electron chi connectivity index (χ0n) is 10.4. The Labute approximate surface area is 109 Å². The molecule has 2 heterocycles. The standard InChI is InChI=1S/C11H15N5OS/c1-7-9(6-13-14-7)4-3-5-12-11(17)10-8(2)15-16-18-10/h6H,3-5H2,1-2H3,(H,12,17)(H,13,14). The summed E-state index contributed by atoms with van der Waals surface area (Å²) in [6, 6.07) is 0. The number of hydrogen-bond donors (Lipinski definition) is 2. The largest absolute Gasteiger partial charge is 0.351 e. The number of rotatable bonds is 5. The van der Waals surface area contributed by atoms with Gasteiger partial charge in [0.05, 0.1) is 11.9 Å². The quantitative estimate of drug-likeness (QED) is 0.797. The van der Waals surface area contributed by atoms with Crippen molar-refractivity contribution in [2.24, 2.45) is 0 Å². The summed E-state index contributed by atoms with van der Waals surface area (Å²) in [6.45, 7) is 4.42. The fraction of sp³-hybridized carbons (Fsp3) is 0.455. The van der Waals surface area contributed by atoms with Crippen molar-refractivity contribution in [1.29, 1.82) is 0 Å². The molecule has 2 rings (SSSR count). The number of aromatic amines is 1. The van der Waals surface area contributed by atoms with Gasteiger partial charge < -0.3 is 5.32 Å². The Morgan fingerprint density at radius 3 is 2.94 bits per heavy atom. The highest BCUT2D eigenvalue weighted by molar-refractivity contribution is 7.07. The lowest BCUT2D eigenvalue weighted by atomic mass is 10.1. The van der Waals surface area contributed by atoms with E-state index in [-0.39, 0.29) is 5.91 Å². The van der Waals surface area contributed by atoms with Gasteiger partial charge in [-0.05, 0) is 43.8 Å². The molecule has 0 saturated carbocycles. The highest BCUT2D eigenvalue weighted by atomic mass is 32.1. The van der Waals surface area contributed by atoms with E-state index in [9.17, 15) is 4.79 Å². The molecule has 0 aliphatic rings. The second-order valence-electron chi connectivity index (χ2n) is 4.07. The second-order valence-corrected chi connectivity index (χ2v) is 4.82. The van der Waals surface area contributed by atoms with Crippen LogP contribution in [0.15, 0.2) is 6.20 Å². The van der Waals surface area contributed by atoms with Gasteiger partial charge in [0.2, 0.25) is 0 Å². The average Bonchev–Trinajstić information content (AvgIpc) is 2.94. The van der Waals surface area contributed by atoms with Crippen molar-refractivity contribution in [1.82, 2.24) is 25.1 Å². The Bertz CT molecular complexity index is 533. The van der Waals surface area contributed by atoms with Crippen LogP contribution in [0.5, 0.6) is 0 Å². The summed E-state index contributed by atoms with van der Waals surface area (Å²) in [7, 11) is 0. The first-order valence-corrected chi connectivity index (χ1v) is 6.52. The number of H-pyrrole nitrogens is 1. The van der Waals surface area contributed by atoms with Crippen molar-refractivity contribution >= 4 is 17.4 Å². The maximum atomic E-state index is 11.8. The predicted octanol–water partition coefficient (Wildman–Crippen LogP) is 1.24. The minimum Gasteiger partial charge on any atom is -0.351 e. The molecule has 18 heavy (non-hydrogen) atoms. The molecule has 96 valence electrons. The van der Waals surface area contributed by atoms with E-state index in [0.717, 1.165) is 30.1 Å². The number of carbonyl (C=O) groups is 1. The van der Waals surface area contributed by atoms with Crippen LogP contribution in [0.1, 0.15) is 33.0 Å². The SMILES string of the molecule is Cc1nnsc1C(=O)NCCCc1cn[nH]c1C. The van der Waals surface area contributed by atoms with Crippen molar-refractivity contribution in [3.05, 3.63) is 28.0 Å². The number of nitrogens with zero attached hydrogens (tertiary/aromatic N) is 3. The molecule has 0 saturated heterocycles. The van der Waals surface area contributed by atoms with E-state index in [0.29, 0.717) is 17.1 Å². The Morgan fingerprint density at radius 2 is 2.33 bits per heavy atom. The lowest BCUT2D eigenvalue weighted by Crippen LogP contribution is -2.24. The fourth-order valence-electron chi connectivity index (χ4n) is 1.63. The van der Waals surface area contributed by atoms with E-state index < -0.39 is 0 Å². The molecule has 0 aliphatic carbocycles. The van der Waals surface area contributed by atoms with Crippen LogP contribution in [0.2, 0.25) is 0 Å². The molecule has 2 N–H and O–H groups in total. The number of hydrogen-bond acceptors (Lipinski definition) is 5. The molecule has 1 amide bonds. The van der Waals surface area contributed by atoms with Crippen LogP contribution in [-0.2, 0) is 6.42 Å². The molecule has 0 aromatic carbocycles. The lowest BCUT2D eigenvalue weighted by molar-refractivity contribution is 0.0956. The first-order valence-electron chi connectivity index (χ1n) is 5.74. The highest BCUT2D eigenvalue weighted by Gasteiger charge is 2.12. The van der Waals surface area contributed by atoms with Gasteiger partial charge in [0.1, 0.15) is 4.88 Å². The Kier molecular flexibility index (Phi) is 4.03. The van der Waals surface area contributed by atoms with Gasteiger partial charge in [-0.15, -0.1) is 5.10 Å². The minimum absolute atomic E-state index is 0.0913. The Hall–Kier alpha value is -1.76. The molecule has 0 fully saturated rings. The summed E-state index contributed by atoms with van der Waals surface area (Å²) in [5.74, 6) is -0.0913. The number of carbonyl (C=O) groups excluding carboxylic acids is 1.